The molecule has 178 valence electrons. The highest BCUT2D eigenvalue weighted by atomic mass is 28.4. The van der Waals surface area contributed by atoms with E-state index < -0.39 is 20.5 Å². The van der Waals surface area contributed by atoms with E-state index in [2.05, 4.69) is 47.4 Å². The number of carbonyl (C=O) groups is 1. The van der Waals surface area contributed by atoms with Gasteiger partial charge in [0.15, 0.2) is 8.32 Å². The molecular formula is C25H51NO3Si. The lowest BCUT2D eigenvalue weighted by Crippen LogP contribution is -2.47. The van der Waals surface area contributed by atoms with Crippen molar-refractivity contribution in [3.05, 3.63) is 12.7 Å². The van der Waals surface area contributed by atoms with Crippen LogP contribution in [0.15, 0.2) is 12.7 Å². The second-order valence-electron chi connectivity index (χ2n) is 10.2. The van der Waals surface area contributed by atoms with Gasteiger partial charge in [-0.1, -0.05) is 111 Å². The number of ether oxygens (including phenoxy) is 1. The number of rotatable bonds is 18. The first-order valence-corrected chi connectivity index (χ1v) is 15.2. The van der Waals surface area contributed by atoms with Crippen molar-refractivity contribution in [3.63, 3.8) is 0 Å². The fraction of sp³-hybridized carbons (Fsp3) is 0.880. The highest BCUT2D eigenvalue weighted by molar-refractivity contribution is 6.74. The predicted octanol–water partition coefficient (Wildman–Crippen LogP) is 8.12. The van der Waals surface area contributed by atoms with Crippen LogP contribution >= 0.6 is 0 Å². The van der Waals surface area contributed by atoms with Gasteiger partial charge in [0.25, 0.3) is 0 Å². The number of amides is 1. The molecule has 0 aromatic heterocycles. The first kappa shape index (κ1) is 29.2. The average molecular weight is 442 g/mol. The van der Waals surface area contributed by atoms with Crippen molar-refractivity contribution in [1.29, 1.82) is 0 Å². The molecule has 1 amide bonds. The van der Waals surface area contributed by atoms with Crippen LogP contribution in [0.25, 0.3) is 0 Å². The Kier molecular flexibility index (Phi) is 15.5. The van der Waals surface area contributed by atoms with E-state index in [4.69, 9.17) is 14.9 Å². The van der Waals surface area contributed by atoms with Gasteiger partial charge >= 0.3 is 6.09 Å². The molecule has 0 fully saturated rings. The summed E-state index contributed by atoms with van der Waals surface area (Å²) in [7, 11) is -1.98. The van der Waals surface area contributed by atoms with Crippen LogP contribution in [0.2, 0.25) is 18.1 Å². The van der Waals surface area contributed by atoms with Gasteiger partial charge in [-0.25, -0.2) is 4.79 Å². The topological polar surface area (TPSA) is 61.5 Å². The van der Waals surface area contributed by atoms with E-state index in [1.165, 1.54) is 70.6 Å². The lowest BCUT2D eigenvalue weighted by molar-refractivity contribution is 0.0333. The number of nitrogens with two attached hydrogens (primary N) is 1. The van der Waals surface area contributed by atoms with Crippen LogP contribution in [0.5, 0.6) is 0 Å². The first-order chi connectivity index (χ1) is 14.0. The summed E-state index contributed by atoms with van der Waals surface area (Å²) in [6.07, 6.45) is 17.0. The summed E-state index contributed by atoms with van der Waals surface area (Å²) in [5, 5.41) is 0.0975. The Bertz CT molecular complexity index is 460. The fourth-order valence-electron chi connectivity index (χ4n) is 3.44. The molecule has 5 heteroatoms. The molecule has 2 N–H and O–H groups in total. The van der Waals surface area contributed by atoms with Crippen LogP contribution in [-0.2, 0) is 9.16 Å². The number of hydrogen-bond donors (Lipinski definition) is 1. The zero-order valence-corrected chi connectivity index (χ0v) is 21.9. The van der Waals surface area contributed by atoms with Crippen LogP contribution in [0.3, 0.4) is 0 Å². The second-order valence-corrected chi connectivity index (χ2v) is 15.0. The van der Waals surface area contributed by atoms with Crippen molar-refractivity contribution in [3.8, 4) is 0 Å². The van der Waals surface area contributed by atoms with Gasteiger partial charge in [-0.3, -0.25) is 0 Å². The van der Waals surface area contributed by atoms with Gasteiger partial charge in [0.05, 0.1) is 6.10 Å². The lowest BCUT2D eigenvalue weighted by Gasteiger charge is -2.40. The standard InChI is InChI=1S/C25H51NO3Si/c1-8-10-11-12-13-14-15-16-17-18-19-20-21-23(22(9-2)28-24(26)27)29-30(6,7)25(3,4)5/h9,22-23H,2,8,10-21H2,1,3-7H3,(H2,26,27)/t22-,23+/m0/s1. The maximum absolute atomic E-state index is 11.3. The monoisotopic (exact) mass is 441 g/mol. The maximum atomic E-state index is 11.3. The minimum atomic E-state index is -1.98. The molecule has 0 radical (unpaired) electrons. The van der Waals surface area contributed by atoms with Crippen molar-refractivity contribution in [2.45, 2.75) is 142 Å². The molecule has 0 saturated carbocycles. The quantitative estimate of drug-likeness (QED) is 0.133. The third kappa shape index (κ3) is 13.5. The normalized spacial score (nSPS) is 14.3. The molecular weight excluding hydrogens is 390 g/mol. The van der Waals surface area contributed by atoms with Crippen molar-refractivity contribution in [1.82, 2.24) is 0 Å². The highest BCUT2D eigenvalue weighted by Gasteiger charge is 2.40. The van der Waals surface area contributed by atoms with Crippen LogP contribution in [0.4, 0.5) is 4.79 Å². The molecule has 0 unspecified atom stereocenters. The summed E-state index contributed by atoms with van der Waals surface area (Å²) in [6, 6.07) is 0. The van der Waals surface area contributed by atoms with Crippen LogP contribution in [0.1, 0.15) is 111 Å². The number of carbonyl (C=O) groups excluding carboxylic acids is 1. The summed E-state index contributed by atoms with van der Waals surface area (Å²) in [6.45, 7) is 17.2. The second kappa shape index (κ2) is 15.9. The van der Waals surface area contributed by atoms with E-state index >= 15 is 0 Å². The van der Waals surface area contributed by atoms with E-state index in [9.17, 15) is 4.79 Å². The average Bonchev–Trinajstić information content (AvgIpc) is 2.64. The Balaban J connectivity index is 4.30. The van der Waals surface area contributed by atoms with Crippen LogP contribution in [0, 0.1) is 0 Å². The van der Waals surface area contributed by atoms with Gasteiger partial charge in [0.1, 0.15) is 6.10 Å². The van der Waals surface area contributed by atoms with Crippen molar-refractivity contribution in [2.24, 2.45) is 5.73 Å². The fourth-order valence-corrected chi connectivity index (χ4v) is 4.80. The van der Waals surface area contributed by atoms with E-state index in [-0.39, 0.29) is 11.1 Å². The summed E-state index contributed by atoms with van der Waals surface area (Å²) in [5.74, 6) is 0. The number of hydrogen-bond acceptors (Lipinski definition) is 3. The molecule has 2 atom stereocenters. The van der Waals surface area contributed by atoms with Gasteiger partial charge in [-0.05, 0) is 30.6 Å². The SMILES string of the molecule is C=C[C@H](OC(N)=O)[C@@H](CCCCCCCCCCCCCC)O[Si](C)(C)C(C)(C)C. The van der Waals surface area contributed by atoms with Crippen molar-refractivity contribution in [2.75, 3.05) is 0 Å². The van der Waals surface area contributed by atoms with Crippen molar-refractivity contribution >= 4 is 14.4 Å². The van der Waals surface area contributed by atoms with E-state index in [1.807, 2.05) is 0 Å². The minimum absolute atomic E-state index is 0.0975. The van der Waals surface area contributed by atoms with Gasteiger partial charge in [0.2, 0.25) is 0 Å². The van der Waals surface area contributed by atoms with Gasteiger partial charge < -0.3 is 14.9 Å². The Labute approximate surface area is 188 Å². The van der Waals surface area contributed by atoms with Crippen molar-refractivity contribution < 1.29 is 14.0 Å². The molecule has 0 bridgehead atoms. The summed E-state index contributed by atoms with van der Waals surface area (Å²) >= 11 is 0. The predicted molar refractivity (Wildman–Crippen MR) is 132 cm³/mol. The molecule has 0 aliphatic heterocycles. The summed E-state index contributed by atoms with van der Waals surface area (Å²) in [4.78, 5) is 11.3. The van der Waals surface area contributed by atoms with Gasteiger partial charge in [-0.2, -0.15) is 0 Å². The zero-order chi connectivity index (χ0) is 23.0. The molecule has 0 heterocycles. The van der Waals surface area contributed by atoms with Gasteiger partial charge in [-0.15, -0.1) is 0 Å². The summed E-state index contributed by atoms with van der Waals surface area (Å²) in [5.41, 5.74) is 5.27. The largest absolute Gasteiger partial charge is 0.439 e. The Morgan fingerprint density at radius 1 is 0.933 bits per heavy atom. The molecule has 30 heavy (non-hydrogen) atoms. The van der Waals surface area contributed by atoms with E-state index in [0.717, 1.165) is 12.8 Å². The Morgan fingerprint density at radius 3 is 1.73 bits per heavy atom. The molecule has 0 aromatic carbocycles. The number of primary amides is 1. The third-order valence-corrected chi connectivity index (χ3v) is 10.9. The zero-order valence-electron chi connectivity index (χ0n) is 20.9. The van der Waals surface area contributed by atoms with E-state index in [0.29, 0.717) is 0 Å². The minimum Gasteiger partial charge on any atom is -0.439 e. The molecule has 0 rings (SSSR count). The summed E-state index contributed by atoms with van der Waals surface area (Å²) < 4.78 is 11.9. The Hall–Kier alpha value is -0.813. The van der Waals surface area contributed by atoms with Gasteiger partial charge in [0, 0.05) is 0 Å². The lowest BCUT2D eigenvalue weighted by atomic mass is 10.0. The molecule has 0 saturated heterocycles. The maximum Gasteiger partial charge on any atom is 0.405 e. The van der Waals surface area contributed by atoms with E-state index in [1.54, 1.807) is 6.08 Å². The third-order valence-electron chi connectivity index (χ3n) is 6.45. The molecule has 0 spiro atoms. The molecule has 0 aliphatic carbocycles. The first-order valence-electron chi connectivity index (χ1n) is 12.3. The highest BCUT2D eigenvalue weighted by Crippen LogP contribution is 2.38. The Morgan fingerprint density at radius 2 is 1.37 bits per heavy atom. The molecule has 0 aromatic rings. The van der Waals surface area contributed by atoms with Crippen LogP contribution in [-0.4, -0.2) is 26.6 Å². The smallest absolute Gasteiger partial charge is 0.405 e. The number of unbranched alkanes of at least 4 members (excludes halogenated alkanes) is 11. The van der Waals surface area contributed by atoms with Crippen LogP contribution < -0.4 is 5.73 Å². The molecule has 4 nitrogen and oxygen atoms in total. The molecule has 0 aliphatic rings.